The number of carbonyl (C=O) groups is 1. The molecule has 5 nitrogen and oxygen atoms in total. The third kappa shape index (κ3) is 2.86. The molecule has 1 aromatic heterocycles. The Morgan fingerprint density at radius 2 is 2.27 bits per heavy atom. The van der Waals surface area contributed by atoms with Gasteiger partial charge in [0.05, 0.1) is 12.1 Å². The molecule has 5 heteroatoms. The van der Waals surface area contributed by atoms with E-state index in [1.165, 1.54) is 0 Å². The normalized spacial score (nSPS) is 25.0. The number of hydrogen-bond acceptors (Lipinski definition) is 4. The highest BCUT2D eigenvalue weighted by atomic mass is 16.3. The third-order valence-electron chi connectivity index (χ3n) is 4.76. The highest BCUT2D eigenvalue weighted by Crippen LogP contribution is 2.38. The highest BCUT2D eigenvalue weighted by Gasteiger charge is 2.44. The second-order valence-electron chi connectivity index (χ2n) is 7.12. The Kier molecular flexibility index (Phi) is 4.17. The van der Waals surface area contributed by atoms with Gasteiger partial charge in [0.25, 0.3) is 5.91 Å². The van der Waals surface area contributed by atoms with E-state index < -0.39 is 5.54 Å². The molecule has 0 bridgehead atoms. The van der Waals surface area contributed by atoms with Crippen LogP contribution >= 0.6 is 0 Å². The van der Waals surface area contributed by atoms with Crippen molar-refractivity contribution in [1.29, 1.82) is 0 Å². The van der Waals surface area contributed by atoms with E-state index in [9.17, 15) is 9.90 Å². The van der Waals surface area contributed by atoms with E-state index in [1.54, 1.807) is 12.3 Å². The Balaban J connectivity index is 1.85. The average molecular weight is 303 g/mol. The Morgan fingerprint density at radius 1 is 1.50 bits per heavy atom. The van der Waals surface area contributed by atoms with Gasteiger partial charge in [0.1, 0.15) is 11.5 Å². The van der Waals surface area contributed by atoms with Crippen molar-refractivity contribution in [3.8, 4) is 0 Å². The molecule has 0 spiro atoms. The second kappa shape index (κ2) is 5.95. The summed E-state index contributed by atoms with van der Waals surface area (Å²) in [6.07, 6.45) is 6.57. The van der Waals surface area contributed by atoms with Gasteiger partial charge in [0.15, 0.2) is 0 Å². The van der Waals surface area contributed by atoms with Crippen LogP contribution in [0.5, 0.6) is 0 Å². The topological polar surface area (TPSA) is 66.3 Å². The minimum atomic E-state index is -0.421. The van der Waals surface area contributed by atoms with Crippen LogP contribution in [0.4, 0.5) is 0 Å². The number of likely N-dealkylation sites (tertiary alicyclic amines) is 1. The van der Waals surface area contributed by atoms with Crippen molar-refractivity contribution < 1.29 is 9.90 Å². The van der Waals surface area contributed by atoms with Gasteiger partial charge < -0.3 is 10.0 Å². The van der Waals surface area contributed by atoms with E-state index in [0.717, 1.165) is 37.9 Å². The molecular formula is C17H25N3O2. The van der Waals surface area contributed by atoms with Crippen LogP contribution in [0.3, 0.4) is 0 Å². The van der Waals surface area contributed by atoms with E-state index in [0.29, 0.717) is 24.1 Å². The smallest absolute Gasteiger partial charge is 0.273 e. The number of aliphatic hydroxyl groups excluding tert-OH is 1. The molecule has 1 amide bonds. The van der Waals surface area contributed by atoms with Crippen LogP contribution in [0.25, 0.3) is 0 Å². The van der Waals surface area contributed by atoms with Crippen LogP contribution in [0.1, 0.15) is 68.2 Å². The van der Waals surface area contributed by atoms with Crippen molar-refractivity contribution in [2.75, 3.05) is 13.2 Å². The first-order valence-electron chi connectivity index (χ1n) is 8.31. The van der Waals surface area contributed by atoms with E-state index in [1.807, 2.05) is 4.90 Å². The molecule has 1 saturated carbocycles. The predicted octanol–water partition coefficient (Wildman–Crippen LogP) is 2.37. The van der Waals surface area contributed by atoms with Gasteiger partial charge in [0, 0.05) is 18.7 Å². The fraction of sp³-hybridized carbons (Fsp3) is 0.706. The molecule has 1 N–H and O–H groups in total. The zero-order valence-electron chi connectivity index (χ0n) is 13.5. The molecular weight excluding hydrogens is 278 g/mol. The van der Waals surface area contributed by atoms with Gasteiger partial charge in [-0.2, -0.15) is 0 Å². The first-order chi connectivity index (χ1) is 10.6. The van der Waals surface area contributed by atoms with Crippen molar-refractivity contribution in [2.24, 2.45) is 5.92 Å². The molecule has 2 heterocycles. The number of aromatic nitrogens is 2. The third-order valence-corrected chi connectivity index (χ3v) is 4.76. The maximum atomic E-state index is 12.9. The van der Waals surface area contributed by atoms with E-state index >= 15 is 0 Å². The second-order valence-corrected chi connectivity index (χ2v) is 7.12. The lowest BCUT2D eigenvalue weighted by molar-refractivity contribution is 0.0327. The number of aliphatic hydroxyl groups is 1. The van der Waals surface area contributed by atoms with Gasteiger partial charge in [-0.1, -0.05) is 13.8 Å². The van der Waals surface area contributed by atoms with Crippen LogP contribution in [0, 0.1) is 5.92 Å². The molecule has 2 aliphatic rings. The highest BCUT2D eigenvalue weighted by molar-refractivity contribution is 5.93. The molecule has 1 atom stereocenters. The fourth-order valence-corrected chi connectivity index (χ4v) is 3.63. The molecule has 22 heavy (non-hydrogen) atoms. The number of amides is 1. The lowest BCUT2D eigenvalue weighted by Crippen LogP contribution is -2.51. The Hall–Kier alpha value is -1.49. The van der Waals surface area contributed by atoms with Crippen molar-refractivity contribution in [1.82, 2.24) is 14.9 Å². The fourth-order valence-electron chi connectivity index (χ4n) is 3.63. The SMILES string of the molecule is CC(C)C[C@]1(CO)CCCN1C(=O)c1ccnc(C2CC2)n1. The molecule has 1 aliphatic carbocycles. The first-order valence-corrected chi connectivity index (χ1v) is 8.31. The molecule has 3 rings (SSSR count). The van der Waals surface area contributed by atoms with E-state index in [-0.39, 0.29) is 12.5 Å². The Labute approximate surface area is 131 Å². The van der Waals surface area contributed by atoms with Crippen LogP contribution < -0.4 is 0 Å². The molecule has 0 aromatic carbocycles. The molecule has 1 aliphatic heterocycles. The summed E-state index contributed by atoms with van der Waals surface area (Å²) in [5.41, 5.74) is 0.0519. The van der Waals surface area contributed by atoms with Gasteiger partial charge >= 0.3 is 0 Å². The number of hydrogen-bond donors (Lipinski definition) is 1. The average Bonchev–Trinajstić information content (AvgIpc) is 3.28. The Morgan fingerprint density at radius 3 is 2.91 bits per heavy atom. The maximum absolute atomic E-state index is 12.9. The minimum absolute atomic E-state index is 0.0253. The summed E-state index contributed by atoms with van der Waals surface area (Å²) in [7, 11) is 0. The van der Waals surface area contributed by atoms with Crippen molar-refractivity contribution in [2.45, 2.75) is 57.4 Å². The van der Waals surface area contributed by atoms with Crippen LogP contribution in [0.15, 0.2) is 12.3 Å². The van der Waals surface area contributed by atoms with Gasteiger partial charge in [-0.25, -0.2) is 9.97 Å². The monoisotopic (exact) mass is 303 g/mol. The number of rotatable bonds is 5. The molecule has 120 valence electrons. The van der Waals surface area contributed by atoms with E-state index in [4.69, 9.17) is 0 Å². The summed E-state index contributed by atoms with van der Waals surface area (Å²) >= 11 is 0. The van der Waals surface area contributed by atoms with Crippen molar-refractivity contribution in [3.05, 3.63) is 23.8 Å². The standard InChI is InChI=1S/C17H25N3O2/c1-12(2)10-17(11-21)7-3-9-20(17)16(22)14-6-8-18-15(19-14)13-4-5-13/h6,8,12-13,21H,3-5,7,9-11H2,1-2H3/t17-/m0/s1. The summed E-state index contributed by atoms with van der Waals surface area (Å²) in [5, 5.41) is 9.96. The zero-order valence-corrected chi connectivity index (χ0v) is 13.5. The van der Waals surface area contributed by atoms with Crippen molar-refractivity contribution in [3.63, 3.8) is 0 Å². The molecule has 1 saturated heterocycles. The molecule has 0 radical (unpaired) electrons. The Bertz CT molecular complexity index is 557. The summed E-state index contributed by atoms with van der Waals surface area (Å²) in [5.74, 6) is 1.61. The first kappa shape index (κ1) is 15.4. The molecule has 1 aromatic rings. The number of carbonyl (C=O) groups excluding carboxylic acids is 1. The predicted molar refractivity (Wildman–Crippen MR) is 83.5 cm³/mol. The summed E-state index contributed by atoms with van der Waals surface area (Å²) in [4.78, 5) is 23.5. The summed E-state index contributed by atoms with van der Waals surface area (Å²) in [6.45, 7) is 4.99. The zero-order chi connectivity index (χ0) is 15.7. The summed E-state index contributed by atoms with van der Waals surface area (Å²) < 4.78 is 0. The van der Waals surface area contributed by atoms with Crippen LogP contribution in [0.2, 0.25) is 0 Å². The lowest BCUT2D eigenvalue weighted by Gasteiger charge is -2.38. The molecule has 0 unspecified atom stereocenters. The van der Waals surface area contributed by atoms with Crippen LogP contribution in [-0.4, -0.2) is 44.6 Å². The maximum Gasteiger partial charge on any atom is 0.273 e. The summed E-state index contributed by atoms with van der Waals surface area (Å²) in [6, 6.07) is 1.70. The lowest BCUT2D eigenvalue weighted by atomic mass is 9.87. The van der Waals surface area contributed by atoms with Crippen LogP contribution in [-0.2, 0) is 0 Å². The van der Waals surface area contributed by atoms with Gasteiger partial charge in [-0.05, 0) is 44.1 Å². The number of nitrogens with zero attached hydrogens (tertiary/aromatic N) is 3. The van der Waals surface area contributed by atoms with Gasteiger partial charge in [-0.15, -0.1) is 0 Å². The molecule has 2 fully saturated rings. The minimum Gasteiger partial charge on any atom is -0.394 e. The van der Waals surface area contributed by atoms with Crippen molar-refractivity contribution >= 4 is 5.91 Å². The van der Waals surface area contributed by atoms with Gasteiger partial charge in [-0.3, -0.25) is 4.79 Å². The largest absolute Gasteiger partial charge is 0.394 e. The van der Waals surface area contributed by atoms with Gasteiger partial charge in [0.2, 0.25) is 0 Å². The quantitative estimate of drug-likeness (QED) is 0.907. The van der Waals surface area contributed by atoms with E-state index in [2.05, 4.69) is 23.8 Å².